The van der Waals surface area contributed by atoms with Crippen molar-refractivity contribution in [3.8, 4) is 5.82 Å². The second kappa shape index (κ2) is 7.95. The van der Waals surface area contributed by atoms with Crippen LogP contribution in [0.1, 0.15) is 57.5 Å². The van der Waals surface area contributed by atoms with Crippen LogP contribution in [0.15, 0.2) is 29.2 Å². The van der Waals surface area contributed by atoms with Crippen molar-refractivity contribution in [2.24, 2.45) is 5.92 Å². The standard InChI is InChI=1S/C21H22F3N5O3/c1-21(2,3)32-20(31)27-15(10-4-5-10)18-26-16-12(17(23)24)8-11(22)9-13(16)19(30)29(18)14-6-7-25-28-14/h6-10,15,17H,4-5H2,1-3H3,(H,25,28)(H,27,31)/t15-/m0/s1. The van der Waals surface area contributed by atoms with Gasteiger partial charge in [0.05, 0.1) is 23.1 Å². The summed E-state index contributed by atoms with van der Waals surface area (Å²) in [5.41, 5.74) is -2.53. The monoisotopic (exact) mass is 449 g/mol. The van der Waals surface area contributed by atoms with E-state index in [0.29, 0.717) is 6.07 Å². The Balaban J connectivity index is 1.94. The van der Waals surface area contributed by atoms with E-state index in [1.54, 1.807) is 20.8 Å². The van der Waals surface area contributed by atoms with Crippen LogP contribution in [0.2, 0.25) is 0 Å². The number of hydrogen-bond acceptors (Lipinski definition) is 5. The number of fused-ring (bicyclic) bond motifs is 1. The van der Waals surface area contributed by atoms with Crippen molar-refractivity contribution >= 4 is 17.0 Å². The summed E-state index contributed by atoms with van der Waals surface area (Å²) >= 11 is 0. The van der Waals surface area contributed by atoms with E-state index in [0.717, 1.165) is 23.5 Å². The Morgan fingerprint density at radius 1 is 1.31 bits per heavy atom. The van der Waals surface area contributed by atoms with E-state index < -0.39 is 41.1 Å². The number of aromatic amines is 1. The number of halogens is 3. The smallest absolute Gasteiger partial charge is 0.408 e. The van der Waals surface area contributed by atoms with E-state index in [1.165, 1.54) is 12.3 Å². The molecular formula is C21H22F3N5O3. The van der Waals surface area contributed by atoms with Gasteiger partial charge in [-0.1, -0.05) is 0 Å². The summed E-state index contributed by atoms with van der Waals surface area (Å²) in [6.45, 7) is 5.12. The van der Waals surface area contributed by atoms with Crippen molar-refractivity contribution in [1.29, 1.82) is 0 Å². The van der Waals surface area contributed by atoms with Crippen molar-refractivity contribution in [1.82, 2.24) is 25.1 Å². The molecule has 1 aromatic carbocycles. The number of H-pyrrole nitrogens is 1. The normalized spacial score (nSPS) is 15.2. The third kappa shape index (κ3) is 4.32. The number of ether oxygens (including phenoxy) is 1. The molecule has 0 spiro atoms. The van der Waals surface area contributed by atoms with Gasteiger partial charge in [-0.05, 0) is 51.7 Å². The van der Waals surface area contributed by atoms with Crippen molar-refractivity contribution in [2.75, 3.05) is 0 Å². The average molecular weight is 449 g/mol. The number of carbonyl (C=O) groups excluding carboxylic acids is 1. The molecule has 1 aliphatic carbocycles. The predicted octanol–water partition coefficient (Wildman–Crippen LogP) is 4.16. The number of alkyl halides is 2. The van der Waals surface area contributed by atoms with Gasteiger partial charge in [-0.15, -0.1) is 0 Å². The molecule has 32 heavy (non-hydrogen) atoms. The molecule has 4 rings (SSSR count). The van der Waals surface area contributed by atoms with E-state index in [4.69, 9.17) is 4.74 Å². The summed E-state index contributed by atoms with van der Waals surface area (Å²) < 4.78 is 47.8. The number of aromatic nitrogens is 4. The molecular weight excluding hydrogens is 427 g/mol. The molecule has 1 saturated carbocycles. The van der Waals surface area contributed by atoms with Crippen LogP contribution < -0.4 is 10.9 Å². The lowest BCUT2D eigenvalue weighted by molar-refractivity contribution is 0.0493. The van der Waals surface area contributed by atoms with Crippen LogP contribution >= 0.6 is 0 Å². The minimum atomic E-state index is -3.05. The molecule has 2 heterocycles. The minimum Gasteiger partial charge on any atom is -0.444 e. The minimum absolute atomic E-state index is 0.0358. The second-order valence-corrected chi connectivity index (χ2v) is 8.71. The van der Waals surface area contributed by atoms with Crippen molar-refractivity contribution in [3.05, 3.63) is 52.0 Å². The number of amides is 1. The number of alkyl carbamates (subject to hydrolysis) is 1. The molecule has 2 N–H and O–H groups in total. The van der Waals surface area contributed by atoms with Crippen molar-refractivity contribution in [3.63, 3.8) is 0 Å². The Morgan fingerprint density at radius 3 is 2.59 bits per heavy atom. The van der Waals surface area contributed by atoms with Crippen molar-refractivity contribution < 1.29 is 22.7 Å². The summed E-state index contributed by atoms with van der Waals surface area (Å²) in [4.78, 5) is 30.2. The maximum Gasteiger partial charge on any atom is 0.408 e. The van der Waals surface area contributed by atoms with Gasteiger partial charge in [0.25, 0.3) is 12.0 Å². The number of benzene rings is 1. The van der Waals surface area contributed by atoms with E-state index in [2.05, 4.69) is 20.5 Å². The van der Waals surface area contributed by atoms with Crippen LogP contribution in [0.5, 0.6) is 0 Å². The molecule has 1 amide bonds. The molecule has 0 saturated heterocycles. The zero-order chi connectivity index (χ0) is 23.2. The van der Waals surface area contributed by atoms with Crippen LogP contribution in [0.4, 0.5) is 18.0 Å². The van der Waals surface area contributed by atoms with Gasteiger partial charge in [0.2, 0.25) is 0 Å². The molecule has 8 nitrogen and oxygen atoms in total. The fourth-order valence-corrected chi connectivity index (χ4v) is 3.54. The highest BCUT2D eigenvalue weighted by Gasteiger charge is 2.38. The number of hydrogen-bond donors (Lipinski definition) is 2. The lowest BCUT2D eigenvalue weighted by Gasteiger charge is -2.25. The maximum absolute atomic E-state index is 14.0. The van der Waals surface area contributed by atoms with Crippen LogP contribution in [0.25, 0.3) is 16.7 Å². The first kappa shape index (κ1) is 21.8. The molecule has 0 bridgehead atoms. The highest BCUT2D eigenvalue weighted by Crippen LogP contribution is 2.41. The molecule has 1 aliphatic rings. The number of rotatable bonds is 5. The Bertz CT molecular complexity index is 1210. The van der Waals surface area contributed by atoms with Crippen LogP contribution in [0.3, 0.4) is 0 Å². The Labute approximate surface area is 180 Å². The first-order valence-electron chi connectivity index (χ1n) is 10.1. The van der Waals surface area contributed by atoms with Gasteiger partial charge in [-0.3, -0.25) is 9.89 Å². The third-order valence-electron chi connectivity index (χ3n) is 5.00. The molecule has 1 atom stereocenters. The highest BCUT2D eigenvalue weighted by molar-refractivity contribution is 5.82. The molecule has 1 fully saturated rings. The maximum atomic E-state index is 14.0. The van der Waals surface area contributed by atoms with E-state index in [9.17, 15) is 22.8 Å². The van der Waals surface area contributed by atoms with Gasteiger partial charge in [0.1, 0.15) is 23.1 Å². The topological polar surface area (TPSA) is 102 Å². The first-order chi connectivity index (χ1) is 15.0. The quantitative estimate of drug-likeness (QED) is 0.609. The fraction of sp³-hybridized carbons (Fsp3) is 0.429. The highest BCUT2D eigenvalue weighted by atomic mass is 19.3. The largest absolute Gasteiger partial charge is 0.444 e. The molecule has 3 aromatic rings. The van der Waals surface area contributed by atoms with E-state index in [-0.39, 0.29) is 28.5 Å². The fourth-order valence-electron chi connectivity index (χ4n) is 3.54. The Hall–Kier alpha value is -3.37. The summed E-state index contributed by atoms with van der Waals surface area (Å²) in [7, 11) is 0. The lowest BCUT2D eigenvalue weighted by Crippen LogP contribution is -2.39. The summed E-state index contributed by atoms with van der Waals surface area (Å²) in [6.07, 6.45) is -0.896. The Morgan fingerprint density at radius 2 is 2.03 bits per heavy atom. The summed E-state index contributed by atoms with van der Waals surface area (Å²) in [5, 5.41) is 8.91. The molecule has 0 radical (unpaired) electrons. The number of carbonyl (C=O) groups is 1. The molecule has 0 unspecified atom stereocenters. The second-order valence-electron chi connectivity index (χ2n) is 8.71. The number of nitrogens with one attached hydrogen (secondary N) is 2. The molecule has 2 aromatic heterocycles. The van der Waals surface area contributed by atoms with Gasteiger partial charge >= 0.3 is 6.09 Å². The molecule has 11 heteroatoms. The average Bonchev–Trinajstić information content (AvgIpc) is 3.39. The predicted molar refractivity (Wildman–Crippen MR) is 109 cm³/mol. The van der Waals surface area contributed by atoms with Gasteiger partial charge in [0.15, 0.2) is 0 Å². The summed E-state index contributed by atoms with van der Waals surface area (Å²) in [6, 6.07) is 2.24. The van der Waals surface area contributed by atoms with Crippen LogP contribution in [-0.2, 0) is 4.74 Å². The third-order valence-corrected chi connectivity index (χ3v) is 5.00. The van der Waals surface area contributed by atoms with Crippen LogP contribution in [0, 0.1) is 11.7 Å². The zero-order valence-electron chi connectivity index (χ0n) is 17.7. The van der Waals surface area contributed by atoms with Gasteiger partial charge in [-0.2, -0.15) is 5.10 Å². The summed E-state index contributed by atoms with van der Waals surface area (Å²) in [5.74, 6) is -0.801. The molecule has 170 valence electrons. The van der Waals surface area contributed by atoms with Gasteiger partial charge < -0.3 is 10.1 Å². The van der Waals surface area contributed by atoms with Crippen LogP contribution in [-0.4, -0.2) is 31.4 Å². The first-order valence-corrected chi connectivity index (χ1v) is 10.1. The SMILES string of the molecule is CC(C)(C)OC(=O)N[C@H](c1nc2c(C(F)F)cc(F)cc2c(=O)n1-c1ccn[nH]1)C1CC1. The zero-order valence-corrected chi connectivity index (χ0v) is 17.7. The van der Waals surface area contributed by atoms with E-state index >= 15 is 0 Å². The molecule has 0 aliphatic heterocycles. The van der Waals surface area contributed by atoms with E-state index in [1.807, 2.05) is 0 Å². The van der Waals surface area contributed by atoms with Gasteiger partial charge in [0, 0.05) is 11.6 Å². The Kier molecular flexibility index (Phi) is 5.43. The van der Waals surface area contributed by atoms with Gasteiger partial charge in [-0.25, -0.2) is 27.5 Å². The lowest BCUT2D eigenvalue weighted by atomic mass is 10.1. The van der Waals surface area contributed by atoms with Crippen molar-refractivity contribution in [2.45, 2.75) is 51.7 Å². The number of nitrogens with zero attached hydrogens (tertiary/aromatic N) is 3.